The van der Waals surface area contributed by atoms with Crippen LogP contribution in [0.2, 0.25) is 0 Å². The topological polar surface area (TPSA) is 46.2 Å². The Kier molecular flexibility index (Phi) is 4.57. The fraction of sp³-hybridized carbons (Fsp3) is 0.400. The van der Waals surface area contributed by atoms with Crippen LogP contribution < -0.4 is 4.72 Å². The first kappa shape index (κ1) is 14.2. The van der Waals surface area contributed by atoms with Gasteiger partial charge in [-0.05, 0) is 32.0 Å². The molecule has 0 spiro atoms. The molecule has 0 fully saturated rings. The standard InChI is InChI=1S/C10H13Br2NO2S/c1-10(2,7-11)13-16(14,15)9-5-3-4-8(12)6-9/h3-6,13H,7H2,1-2H3. The summed E-state index contributed by atoms with van der Waals surface area (Å²) in [5.41, 5.74) is -0.513. The average molecular weight is 371 g/mol. The number of alkyl halides is 1. The van der Waals surface area contributed by atoms with E-state index in [0.29, 0.717) is 5.33 Å². The van der Waals surface area contributed by atoms with Gasteiger partial charge in [-0.1, -0.05) is 37.9 Å². The molecule has 0 aliphatic heterocycles. The largest absolute Gasteiger partial charge is 0.241 e. The maximum atomic E-state index is 12.0. The van der Waals surface area contributed by atoms with Crippen molar-refractivity contribution in [2.24, 2.45) is 0 Å². The Balaban J connectivity index is 3.04. The van der Waals surface area contributed by atoms with Crippen molar-refractivity contribution in [1.82, 2.24) is 4.72 Å². The smallest absolute Gasteiger partial charge is 0.207 e. The van der Waals surface area contributed by atoms with Crippen molar-refractivity contribution in [1.29, 1.82) is 0 Å². The summed E-state index contributed by atoms with van der Waals surface area (Å²) < 4.78 is 27.4. The lowest BCUT2D eigenvalue weighted by Gasteiger charge is -2.23. The van der Waals surface area contributed by atoms with Crippen LogP contribution in [0.1, 0.15) is 13.8 Å². The summed E-state index contributed by atoms with van der Waals surface area (Å²) in [6, 6.07) is 6.62. The van der Waals surface area contributed by atoms with Crippen LogP contribution in [0, 0.1) is 0 Å². The van der Waals surface area contributed by atoms with Gasteiger partial charge in [-0.3, -0.25) is 0 Å². The Morgan fingerprint density at radius 2 is 2.00 bits per heavy atom. The van der Waals surface area contributed by atoms with Crippen LogP contribution in [0.25, 0.3) is 0 Å². The Morgan fingerprint density at radius 1 is 1.38 bits per heavy atom. The summed E-state index contributed by atoms with van der Waals surface area (Å²) in [6.45, 7) is 3.63. The van der Waals surface area contributed by atoms with Gasteiger partial charge < -0.3 is 0 Å². The van der Waals surface area contributed by atoms with Crippen LogP contribution in [0.5, 0.6) is 0 Å². The van der Waals surface area contributed by atoms with Crippen LogP contribution in [0.3, 0.4) is 0 Å². The highest BCUT2D eigenvalue weighted by Crippen LogP contribution is 2.18. The van der Waals surface area contributed by atoms with E-state index >= 15 is 0 Å². The molecule has 0 aromatic heterocycles. The lowest BCUT2D eigenvalue weighted by molar-refractivity contribution is 0.500. The van der Waals surface area contributed by atoms with Gasteiger partial charge in [0.15, 0.2) is 0 Å². The van der Waals surface area contributed by atoms with Crippen molar-refractivity contribution in [2.75, 3.05) is 5.33 Å². The highest BCUT2D eigenvalue weighted by molar-refractivity contribution is 9.10. The molecule has 0 aliphatic carbocycles. The number of halogens is 2. The van der Waals surface area contributed by atoms with Crippen LogP contribution in [0.4, 0.5) is 0 Å². The summed E-state index contributed by atoms with van der Waals surface area (Å²) in [5, 5.41) is 0.549. The number of rotatable bonds is 4. The van der Waals surface area contributed by atoms with Gasteiger partial charge in [-0.25, -0.2) is 13.1 Å². The van der Waals surface area contributed by atoms with E-state index in [1.165, 1.54) is 0 Å². The monoisotopic (exact) mass is 369 g/mol. The minimum Gasteiger partial charge on any atom is -0.207 e. The molecule has 0 saturated heterocycles. The molecule has 0 radical (unpaired) electrons. The molecule has 0 amide bonds. The summed E-state index contributed by atoms with van der Waals surface area (Å²) in [4.78, 5) is 0.260. The molecule has 0 atom stereocenters. The molecule has 0 heterocycles. The normalized spacial score (nSPS) is 12.8. The van der Waals surface area contributed by atoms with Gasteiger partial charge in [0.25, 0.3) is 0 Å². The van der Waals surface area contributed by atoms with Gasteiger partial charge in [0.05, 0.1) is 4.90 Å². The fourth-order valence-electron chi connectivity index (χ4n) is 1.08. The van der Waals surface area contributed by atoms with E-state index in [4.69, 9.17) is 0 Å². The van der Waals surface area contributed by atoms with E-state index in [0.717, 1.165) is 4.47 Å². The van der Waals surface area contributed by atoms with Gasteiger partial charge in [0.2, 0.25) is 10.0 Å². The third-order valence-electron chi connectivity index (χ3n) is 1.85. The molecule has 1 aromatic rings. The second-order valence-corrected chi connectivity index (χ2v) is 7.24. The number of sulfonamides is 1. The van der Waals surface area contributed by atoms with Crippen molar-refractivity contribution < 1.29 is 8.42 Å². The average Bonchev–Trinajstić information content (AvgIpc) is 2.16. The molecule has 6 heteroatoms. The molecular formula is C10H13Br2NO2S. The molecule has 90 valence electrons. The third-order valence-corrected chi connectivity index (χ3v) is 5.44. The first-order chi connectivity index (χ1) is 7.27. The lowest BCUT2D eigenvalue weighted by Crippen LogP contribution is -2.44. The quantitative estimate of drug-likeness (QED) is 0.828. The number of benzene rings is 1. The Labute approximate surface area is 113 Å². The summed E-state index contributed by atoms with van der Waals surface area (Å²) in [7, 11) is -3.46. The van der Waals surface area contributed by atoms with E-state index in [1.807, 2.05) is 13.8 Å². The molecule has 0 bridgehead atoms. The SMILES string of the molecule is CC(C)(CBr)NS(=O)(=O)c1cccc(Br)c1. The summed E-state index contributed by atoms with van der Waals surface area (Å²) >= 11 is 6.52. The zero-order valence-corrected chi connectivity index (χ0v) is 13.0. The molecule has 3 nitrogen and oxygen atoms in total. The Morgan fingerprint density at radius 3 is 2.50 bits per heavy atom. The fourth-order valence-corrected chi connectivity index (χ4v) is 3.42. The lowest BCUT2D eigenvalue weighted by atomic mass is 10.1. The number of nitrogens with one attached hydrogen (secondary N) is 1. The third kappa shape index (κ3) is 3.84. The van der Waals surface area contributed by atoms with Gasteiger partial charge in [0, 0.05) is 15.3 Å². The van der Waals surface area contributed by atoms with Crippen LogP contribution in [-0.4, -0.2) is 19.3 Å². The first-order valence-corrected chi connectivity index (χ1v) is 8.02. The summed E-state index contributed by atoms with van der Waals surface area (Å²) in [6.07, 6.45) is 0. The molecule has 0 saturated carbocycles. The number of hydrogen-bond acceptors (Lipinski definition) is 2. The molecule has 0 unspecified atom stereocenters. The minimum atomic E-state index is -3.46. The molecule has 1 N–H and O–H groups in total. The molecule has 16 heavy (non-hydrogen) atoms. The van der Waals surface area contributed by atoms with Gasteiger partial charge in [0.1, 0.15) is 0 Å². The molecule has 0 aliphatic rings. The Hall–Kier alpha value is 0.0900. The van der Waals surface area contributed by atoms with Crippen LogP contribution >= 0.6 is 31.9 Å². The van der Waals surface area contributed by atoms with E-state index in [9.17, 15) is 8.42 Å². The first-order valence-electron chi connectivity index (χ1n) is 4.62. The maximum absolute atomic E-state index is 12.0. The molecule has 1 rings (SSSR count). The zero-order valence-electron chi connectivity index (χ0n) is 9.00. The highest BCUT2D eigenvalue weighted by atomic mass is 79.9. The van der Waals surface area contributed by atoms with Crippen LogP contribution in [-0.2, 0) is 10.0 Å². The van der Waals surface area contributed by atoms with Crippen LogP contribution in [0.15, 0.2) is 33.6 Å². The van der Waals surface area contributed by atoms with Gasteiger partial charge in [-0.2, -0.15) is 0 Å². The van der Waals surface area contributed by atoms with E-state index in [2.05, 4.69) is 36.6 Å². The highest BCUT2D eigenvalue weighted by Gasteiger charge is 2.25. The van der Waals surface area contributed by atoms with E-state index in [1.54, 1.807) is 24.3 Å². The predicted octanol–water partition coefficient (Wildman–Crippen LogP) is 2.90. The second-order valence-electron chi connectivity index (χ2n) is 4.08. The zero-order chi connectivity index (χ0) is 12.4. The maximum Gasteiger partial charge on any atom is 0.241 e. The van der Waals surface area contributed by atoms with Gasteiger partial charge in [-0.15, -0.1) is 0 Å². The van der Waals surface area contributed by atoms with Crippen molar-refractivity contribution in [3.8, 4) is 0 Å². The minimum absolute atomic E-state index is 0.260. The Bertz CT molecular complexity index is 471. The van der Waals surface area contributed by atoms with Crippen molar-refractivity contribution in [3.05, 3.63) is 28.7 Å². The van der Waals surface area contributed by atoms with E-state index < -0.39 is 15.6 Å². The van der Waals surface area contributed by atoms with Crippen molar-refractivity contribution in [2.45, 2.75) is 24.3 Å². The van der Waals surface area contributed by atoms with E-state index in [-0.39, 0.29) is 4.90 Å². The molecular weight excluding hydrogens is 358 g/mol. The van der Waals surface area contributed by atoms with Gasteiger partial charge >= 0.3 is 0 Å². The van der Waals surface area contributed by atoms with Crippen molar-refractivity contribution in [3.63, 3.8) is 0 Å². The predicted molar refractivity (Wildman–Crippen MR) is 72.3 cm³/mol. The number of hydrogen-bond donors (Lipinski definition) is 1. The second kappa shape index (κ2) is 5.16. The summed E-state index contributed by atoms with van der Waals surface area (Å²) in [5.74, 6) is 0. The van der Waals surface area contributed by atoms with Crippen molar-refractivity contribution >= 4 is 41.9 Å². The molecule has 1 aromatic carbocycles.